The molecule has 1 aliphatic carbocycles. The second-order valence-corrected chi connectivity index (χ2v) is 10.8. The van der Waals surface area contributed by atoms with Gasteiger partial charge in [-0.1, -0.05) is 86.5 Å². The van der Waals surface area contributed by atoms with Gasteiger partial charge in [0.25, 0.3) is 0 Å². The number of benzene rings is 3. The van der Waals surface area contributed by atoms with Gasteiger partial charge in [-0.25, -0.2) is 4.39 Å². The van der Waals surface area contributed by atoms with E-state index in [0.29, 0.717) is 11.8 Å². The van der Waals surface area contributed by atoms with Crippen LogP contribution in [-0.4, -0.2) is 30.7 Å². The summed E-state index contributed by atoms with van der Waals surface area (Å²) in [5.41, 5.74) is 7.58. The van der Waals surface area contributed by atoms with Crippen molar-refractivity contribution in [2.75, 3.05) is 25.0 Å². The lowest BCUT2D eigenvalue weighted by molar-refractivity contribution is 0.315. The van der Waals surface area contributed by atoms with Crippen molar-refractivity contribution in [2.45, 2.75) is 25.2 Å². The smallest absolute Gasteiger partial charge is 0.123 e. The minimum absolute atomic E-state index is 0.0188. The van der Waals surface area contributed by atoms with E-state index in [0.717, 1.165) is 42.1 Å². The molecule has 0 bridgehead atoms. The zero-order valence-electron chi connectivity index (χ0n) is 24.1. The lowest BCUT2D eigenvalue weighted by Crippen LogP contribution is -2.30. The first-order chi connectivity index (χ1) is 19.9. The summed E-state index contributed by atoms with van der Waals surface area (Å²) >= 11 is 0. The summed E-state index contributed by atoms with van der Waals surface area (Å²) in [5, 5.41) is 11.6. The van der Waals surface area contributed by atoms with Crippen LogP contribution in [0.4, 0.5) is 15.8 Å². The summed E-state index contributed by atoms with van der Waals surface area (Å²) in [5.74, 6) is 0.723. The summed E-state index contributed by atoms with van der Waals surface area (Å²) in [6.07, 6.45) is 12.9. The maximum Gasteiger partial charge on any atom is 0.123 e. The van der Waals surface area contributed by atoms with Crippen molar-refractivity contribution in [1.82, 2.24) is 4.90 Å². The van der Waals surface area contributed by atoms with Crippen molar-refractivity contribution >= 4 is 17.6 Å². The van der Waals surface area contributed by atoms with Gasteiger partial charge < -0.3 is 10.7 Å². The van der Waals surface area contributed by atoms with Gasteiger partial charge in [0.2, 0.25) is 0 Å². The molecule has 2 unspecified atom stereocenters. The van der Waals surface area contributed by atoms with Crippen LogP contribution in [0, 0.1) is 24.1 Å². The fourth-order valence-corrected chi connectivity index (χ4v) is 6.26. The summed E-state index contributed by atoms with van der Waals surface area (Å²) in [7, 11) is 0. The van der Waals surface area contributed by atoms with Gasteiger partial charge in [-0.05, 0) is 78.4 Å². The molecule has 0 spiro atoms. The van der Waals surface area contributed by atoms with Crippen molar-refractivity contribution in [1.29, 1.82) is 5.41 Å². The molecule has 1 saturated heterocycles. The number of nitrogens with zero attached hydrogens (tertiary/aromatic N) is 1. The number of halogens is 1. The van der Waals surface area contributed by atoms with Gasteiger partial charge in [-0.2, -0.15) is 0 Å². The highest BCUT2D eigenvalue weighted by Crippen LogP contribution is 2.69. The predicted octanol–water partition coefficient (Wildman–Crippen LogP) is 8.89. The van der Waals surface area contributed by atoms with Crippen LogP contribution in [0.5, 0.6) is 0 Å². The number of hydrogen-bond acceptors (Lipinski definition) is 3. The Morgan fingerprint density at radius 3 is 2.41 bits per heavy atom. The summed E-state index contributed by atoms with van der Waals surface area (Å²) in [6.45, 7) is 18.0. The zero-order valence-corrected chi connectivity index (χ0v) is 24.1. The highest BCUT2D eigenvalue weighted by atomic mass is 19.1. The molecule has 5 rings (SSSR count). The molecule has 2 aliphatic rings. The lowest BCUT2D eigenvalue weighted by Gasteiger charge is -2.26. The fourth-order valence-electron chi connectivity index (χ4n) is 6.26. The third-order valence-electron chi connectivity index (χ3n) is 8.01. The number of fused-ring (bicyclic) bond motifs is 1. The van der Waals surface area contributed by atoms with Crippen molar-refractivity contribution < 1.29 is 4.39 Å². The van der Waals surface area contributed by atoms with Crippen molar-refractivity contribution in [2.24, 2.45) is 5.92 Å². The van der Waals surface area contributed by atoms with Crippen LogP contribution >= 0.6 is 0 Å². The van der Waals surface area contributed by atoms with Crippen LogP contribution in [0.25, 0.3) is 0 Å². The van der Waals surface area contributed by atoms with E-state index in [1.165, 1.54) is 35.0 Å². The lowest BCUT2D eigenvalue weighted by atomic mass is 9.85. The van der Waals surface area contributed by atoms with E-state index in [4.69, 9.17) is 5.41 Å². The molecule has 210 valence electrons. The third kappa shape index (κ3) is 6.55. The average Bonchev–Trinajstić information content (AvgIpc) is 3.45. The Kier molecular flexibility index (Phi) is 9.69. The number of anilines is 2. The van der Waals surface area contributed by atoms with E-state index in [9.17, 15) is 4.39 Å². The number of allylic oxidation sites excluding steroid dienone is 5. The van der Waals surface area contributed by atoms with Crippen molar-refractivity contribution in [3.05, 3.63) is 157 Å². The molecule has 3 aromatic rings. The van der Waals surface area contributed by atoms with Gasteiger partial charge in [-0.15, -0.1) is 0 Å². The molecule has 2 N–H and O–H groups in total. The first kappa shape index (κ1) is 29.7. The molecule has 41 heavy (non-hydrogen) atoms. The van der Waals surface area contributed by atoms with Crippen LogP contribution in [-0.2, 0) is 5.41 Å². The SMILES string of the molecule is C=C(/C=C\C=C/C)CN1CC2C(c3ccccc3)[C@]2(c2cc(C=N)c(Nc3ccc(F)cc3)cc2C)C1.C=CC=C. The van der Waals surface area contributed by atoms with Crippen LogP contribution in [0.15, 0.2) is 128 Å². The van der Waals surface area contributed by atoms with E-state index < -0.39 is 0 Å². The number of likely N-dealkylation sites (tertiary alicyclic amines) is 1. The van der Waals surface area contributed by atoms with Gasteiger partial charge in [0.15, 0.2) is 0 Å². The quantitative estimate of drug-likeness (QED) is 0.197. The molecule has 0 aromatic heterocycles. The molecular weight excluding hydrogens is 505 g/mol. The molecule has 2 fully saturated rings. The van der Waals surface area contributed by atoms with E-state index in [-0.39, 0.29) is 11.2 Å². The number of piperidine rings is 1. The molecule has 1 saturated carbocycles. The van der Waals surface area contributed by atoms with Gasteiger partial charge in [0.05, 0.1) is 0 Å². The second-order valence-electron chi connectivity index (χ2n) is 10.8. The molecular formula is C37H40FN3. The maximum atomic E-state index is 13.4. The average molecular weight is 546 g/mol. The maximum absolute atomic E-state index is 13.4. The molecule has 1 heterocycles. The first-order valence-corrected chi connectivity index (χ1v) is 14.0. The Morgan fingerprint density at radius 2 is 1.78 bits per heavy atom. The van der Waals surface area contributed by atoms with Gasteiger partial charge in [-0.3, -0.25) is 4.90 Å². The first-order valence-electron chi connectivity index (χ1n) is 14.0. The van der Waals surface area contributed by atoms with Crippen LogP contribution in [0.3, 0.4) is 0 Å². The van der Waals surface area contributed by atoms with Crippen LogP contribution in [0.2, 0.25) is 0 Å². The minimum atomic E-state index is -0.263. The number of nitrogens with one attached hydrogen (secondary N) is 2. The largest absolute Gasteiger partial charge is 0.355 e. The van der Waals surface area contributed by atoms with Crippen LogP contribution in [0.1, 0.15) is 35.1 Å². The van der Waals surface area contributed by atoms with Crippen LogP contribution < -0.4 is 5.32 Å². The Balaban J connectivity index is 0.000000909. The highest BCUT2D eigenvalue weighted by Gasteiger charge is 2.70. The molecule has 3 aromatic carbocycles. The minimum Gasteiger partial charge on any atom is -0.355 e. The molecule has 0 radical (unpaired) electrons. The standard InChI is InChI=1S/C33H34FN3.C4H6/c1-4-5-7-10-23(2)20-37-21-30-32(25-11-8-6-9-12-25)33(30,22-37)29-18-26(19-35)31(17-24(29)3)36-28-15-13-27(34)14-16-28;1-3-4-2/h4-19,30,32,35-36H,2,20-22H2,1,3H3;3-4H,1-2H2/b5-4-,10-7-,35-19?;/t30?,32?,33-;/m0./s1. The van der Waals surface area contributed by atoms with E-state index in [1.807, 2.05) is 19.1 Å². The third-order valence-corrected chi connectivity index (χ3v) is 8.01. The second kappa shape index (κ2) is 13.4. The normalized spacial score (nSPS) is 21.1. The van der Waals surface area contributed by atoms with E-state index >= 15 is 0 Å². The van der Waals surface area contributed by atoms with Crippen molar-refractivity contribution in [3.8, 4) is 0 Å². The monoisotopic (exact) mass is 545 g/mol. The zero-order chi connectivity index (χ0) is 29.4. The van der Waals surface area contributed by atoms with Gasteiger partial charge >= 0.3 is 0 Å². The topological polar surface area (TPSA) is 39.1 Å². The summed E-state index contributed by atoms with van der Waals surface area (Å²) in [6, 6.07) is 21.5. The summed E-state index contributed by atoms with van der Waals surface area (Å²) in [4.78, 5) is 2.53. The highest BCUT2D eigenvalue weighted by molar-refractivity contribution is 5.88. The predicted molar refractivity (Wildman–Crippen MR) is 173 cm³/mol. The van der Waals surface area contributed by atoms with Gasteiger partial charge in [0.1, 0.15) is 5.82 Å². The van der Waals surface area contributed by atoms with E-state index in [2.05, 4.69) is 91.5 Å². The Labute approximate surface area is 244 Å². The Bertz CT molecular complexity index is 1450. The molecule has 4 heteroatoms. The van der Waals surface area contributed by atoms with Crippen molar-refractivity contribution in [3.63, 3.8) is 0 Å². The Morgan fingerprint density at radius 1 is 1.07 bits per heavy atom. The number of aryl methyl sites for hydroxylation is 1. The number of hydrogen-bond donors (Lipinski definition) is 2. The molecule has 3 atom stereocenters. The fraction of sp³-hybridized carbons (Fsp3) is 0.216. The van der Waals surface area contributed by atoms with Gasteiger partial charge in [0, 0.05) is 54.1 Å². The number of rotatable bonds is 10. The van der Waals surface area contributed by atoms with E-state index in [1.54, 1.807) is 24.3 Å². The molecule has 1 aliphatic heterocycles. The molecule has 0 amide bonds. The Hall–Kier alpha value is -4.28. The summed E-state index contributed by atoms with van der Waals surface area (Å²) < 4.78 is 13.4. The molecule has 3 nitrogen and oxygen atoms in total.